The lowest BCUT2D eigenvalue weighted by atomic mass is 9.82. The summed E-state index contributed by atoms with van der Waals surface area (Å²) in [5.41, 5.74) is 9.15. The summed E-state index contributed by atoms with van der Waals surface area (Å²) in [4.78, 5) is 19.3. The standard InChI is InChI=1S/C29H34N6O4/c1-17-20(24(33-34(17)6)27(36)29(2,3)4)8-7-13-38-26-21(10-11-22-25(26)32-28(37)39-22)18-9-12-23-31-15-19(14-30-5)35(23)16-18/h9-12,15-16,24,27,30,33,36H,13-14H2,1-6H3,(H,32,37). The molecule has 2 atom stereocenters. The Morgan fingerprint density at radius 1 is 1.28 bits per heavy atom. The van der Waals surface area contributed by atoms with Crippen molar-refractivity contribution in [1.82, 2.24) is 30.1 Å². The van der Waals surface area contributed by atoms with Crippen molar-refractivity contribution in [1.29, 1.82) is 0 Å². The van der Waals surface area contributed by atoms with Crippen molar-refractivity contribution >= 4 is 16.7 Å². The topological polar surface area (TPSA) is 120 Å². The van der Waals surface area contributed by atoms with E-state index in [1.165, 1.54) is 0 Å². The Labute approximate surface area is 226 Å². The summed E-state index contributed by atoms with van der Waals surface area (Å²) in [6.07, 6.45) is 3.21. The van der Waals surface area contributed by atoms with Gasteiger partial charge in [0.15, 0.2) is 11.3 Å². The Bertz CT molecular complexity index is 1680. The first kappa shape index (κ1) is 26.6. The number of hydrogen-bond donors (Lipinski definition) is 4. The molecule has 0 spiro atoms. The van der Waals surface area contributed by atoms with E-state index in [0.29, 0.717) is 23.4 Å². The van der Waals surface area contributed by atoms with Gasteiger partial charge >= 0.3 is 5.76 Å². The molecule has 204 valence electrons. The molecule has 5 rings (SSSR count). The minimum Gasteiger partial charge on any atom is -0.478 e. The molecule has 0 saturated heterocycles. The van der Waals surface area contributed by atoms with Crippen LogP contribution in [0, 0.1) is 17.3 Å². The van der Waals surface area contributed by atoms with Gasteiger partial charge in [-0.2, -0.15) is 0 Å². The van der Waals surface area contributed by atoms with Crippen molar-refractivity contribution in [2.45, 2.75) is 46.4 Å². The molecule has 1 aliphatic rings. The minimum absolute atomic E-state index is 0.0659. The first-order chi connectivity index (χ1) is 18.6. The van der Waals surface area contributed by atoms with Gasteiger partial charge in [-0.15, -0.1) is 0 Å². The van der Waals surface area contributed by atoms with Crippen molar-refractivity contribution in [2.24, 2.45) is 5.41 Å². The monoisotopic (exact) mass is 530 g/mol. The third-order valence-corrected chi connectivity index (χ3v) is 7.05. The smallest absolute Gasteiger partial charge is 0.417 e. The number of benzene rings is 1. The maximum atomic E-state index is 12.0. The van der Waals surface area contributed by atoms with Crippen molar-refractivity contribution in [3.05, 3.63) is 64.2 Å². The van der Waals surface area contributed by atoms with Gasteiger partial charge in [-0.05, 0) is 43.7 Å². The summed E-state index contributed by atoms with van der Waals surface area (Å²) < 4.78 is 13.5. The highest BCUT2D eigenvalue weighted by Gasteiger charge is 2.37. The van der Waals surface area contributed by atoms with Crippen LogP contribution in [0.2, 0.25) is 0 Å². The number of fused-ring (bicyclic) bond motifs is 2. The van der Waals surface area contributed by atoms with Gasteiger partial charge in [0.05, 0.1) is 24.0 Å². The van der Waals surface area contributed by atoms with Crippen LogP contribution in [0.4, 0.5) is 0 Å². The molecular weight excluding hydrogens is 496 g/mol. The SMILES string of the molecule is CNCc1cnc2ccc(-c3ccc4oc(=O)[nH]c4c3OCC#CC3=C(C)N(C)NC3C(O)C(C)(C)C)cn12. The third kappa shape index (κ3) is 5.04. The summed E-state index contributed by atoms with van der Waals surface area (Å²) in [5, 5.41) is 16.0. The number of oxazole rings is 1. The molecule has 0 radical (unpaired) electrons. The average molecular weight is 531 g/mol. The van der Waals surface area contributed by atoms with E-state index < -0.39 is 11.9 Å². The number of aromatic amines is 1. The lowest BCUT2D eigenvalue weighted by Crippen LogP contribution is -2.47. The maximum Gasteiger partial charge on any atom is 0.417 e. The first-order valence-electron chi connectivity index (χ1n) is 12.9. The molecule has 10 heteroatoms. The average Bonchev–Trinajstić information content (AvgIpc) is 3.56. The number of nitrogens with zero attached hydrogens (tertiary/aromatic N) is 3. The number of hydrazine groups is 1. The van der Waals surface area contributed by atoms with E-state index in [2.05, 4.69) is 32.6 Å². The van der Waals surface area contributed by atoms with Gasteiger partial charge in [0, 0.05) is 42.2 Å². The zero-order chi connectivity index (χ0) is 27.9. The second-order valence-electron chi connectivity index (χ2n) is 10.8. The van der Waals surface area contributed by atoms with Gasteiger partial charge in [0.25, 0.3) is 0 Å². The summed E-state index contributed by atoms with van der Waals surface area (Å²) in [6, 6.07) is 7.22. The fourth-order valence-electron chi connectivity index (χ4n) is 4.79. The van der Waals surface area contributed by atoms with E-state index in [0.717, 1.165) is 33.7 Å². The van der Waals surface area contributed by atoms with Crippen LogP contribution in [0.5, 0.6) is 5.75 Å². The second-order valence-corrected chi connectivity index (χ2v) is 10.8. The molecule has 2 unspecified atom stereocenters. The predicted molar refractivity (Wildman–Crippen MR) is 150 cm³/mol. The molecule has 4 aromatic rings. The number of aromatic nitrogens is 3. The van der Waals surface area contributed by atoms with Crippen LogP contribution in [0.15, 0.2) is 57.1 Å². The molecule has 0 saturated carbocycles. The zero-order valence-electron chi connectivity index (χ0n) is 23.0. The van der Waals surface area contributed by atoms with E-state index in [-0.39, 0.29) is 18.1 Å². The number of ether oxygens (including phenoxy) is 1. The molecular formula is C29H34N6O4. The van der Waals surface area contributed by atoms with E-state index in [4.69, 9.17) is 9.15 Å². The van der Waals surface area contributed by atoms with Gasteiger partial charge in [-0.1, -0.05) is 32.6 Å². The summed E-state index contributed by atoms with van der Waals surface area (Å²) in [5.74, 6) is 6.24. The number of imidazole rings is 1. The Hall–Kier alpha value is -4.04. The number of aliphatic hydroxyl groups is 1. The van der Waals surface area contributed by atoms with Crippen molar-refractivity contribution < 1.29 is 14.3 Å². The van der Waals surface area contributed by atoms with Crippen LogP contribution in [-0.2, 0) is 6.54 Å². The predicted octanol–water partition coefficient (Wildman–Crippen LogP) is 3.04. The van der Waals surface area contributed by atoms with Gasteiger partial charge in [0.1, 0.15) is 17.8 Å². The third-order valence-electron chi connectivity index (χ3n) is 7.05. The molecule has 0 amide bonds. The van der Waals surface area contributed by atoms with E-state index >= 15 is 0 Å². The van der Waals surface area contributed by atoms with Crippen LogP contribution < -0.4 is 21.2 Å². The van der Waals surface area contributed by atoms with Crippen LogP contribution >= 0.6 is 0 Å². The van der Waals surface area contributed by atoms with E-state index in [1.807, 2.05) is 81.8 Å². The number of hydrogen-bond acceptors (Lipinski definition) is 8. The Morgan fingerprint density at radius 3 is 2.82 bits per heavy atom. The van der Waals surface area contributed by atoms with Crippen molar-refractivity contribution in [2.75, 3.05) is 20.7 Å². The summed E-state index contributed by atoms with van der Waals surface area (Å²) in [6.45, 7) is 8.70. The fraction of sp³-hybridized carbons (Fsp3) is 0.379. The number of pyridine rings is 1. The largest absolute Gasteiger partial charge is 0.478 e. The minimum atomic E-state index is -0.634. The summed E-state index contributed by atoms with van der Waals surface area (Å²) >= 11 is 0. The number of allylic oxidation sites excluding steroid dienone is 1. The van der Waals surface area contributed by atoms with Gasteiger partial charge in [-0.25, -0.2) is 15.2 Å². The molecule has 4 heterocycles. The molecule has 39 heavy (non-hydrogen) atoms. The van der Waals surface area contributed by atoms with Crippen LogP contribution in [0.25, 0.3) is 27.9 Å². The van der Waals surface area contributed by atoms with Gasteiger partial charge < -0.3 is 29.0 Å². The maximum absolute atomic E-state index is 12.0. The van der Waals surface area contributed by atoms with Crippen molar-refractivity contribution in [3.63, 3.8) is 0 Å². The van der Waals surface area contributed by atoms with E-state index in [1.54, 1.807) is 6.07 Å². The number of rotatable bonds is 6. The van der Waals surface area contributed by atoms with E-state index in [9.17, 15) is 9.90 Å². The Morgan fingerprint density at radius 2 is 2.08 bits per heavy atom. The van der Waals surface area contributed by atoms with Crippen molar-refractivity contribution in [3.8, 4) is 28.7 Å². The lowest BCUT2D eigenvalue weighted by Gasteiger charge is -2.31. The number of H-pyrrole nitrogens is 1. The molecule has 3 aromatic heterocycles. The fourth-order valence-corrected chi connectivity index (χ4v) is 4.79. The highest BCUT2D eigenvalue weighted by Crippen LogP contribution is 2.36. The van der Waals surface area contributed by atoms with Gasteiger partial charge in [-0.3, -0.25) is 4.98 Å². The van der Waals surface area contributed by atoms with Gasteiger partial charge in [0.2, 0.25) is 0 Å². The highest BCUT2D eigenvalue weighted by atomic mass is 16.5. The first-order valence-corrected chi connectivity index (χ1v) is 12.9. The normalized spacial score (nSPS) is 16.7. The lowest BCUT2D eigenvalue weighted by molar-refractivity contribution is 0.0310. The van der Waals surface area contributed by atoms with Crippen LogP contribution in [0.1, 0.15) is 33.4 Å². The molecule has 0 aliphatic carbocycles. The highest BCUT2D eigenvalue weighted by molar-refractivity contribution is 5.89. The number of nitrogens with one attached hydrogen (secondary N) is 3. The molecule has 0 fully saturated rings. The Balaban J connectivity index is 1.49. The molecule has 10 nitrogen and oxygen atoms in total. The quantitative estimate of drug-likeness (QED) is 0.281. The Kier molecular flexibility index (Phi) is 6.99. The zero-order valence-corrected chi connectivity index (χ0v) is 23.0. The number of aliphatic hydroxyl groups excluding tert-OH is 1. The van der Waals surface area contributed by atoms with Crippen LogP contribution in [0.3, 0.4) is 0 Å². The summed E-state index contributed by atoms with van der Waals surface area (Å²) in [7, 11) is 3.80. The second kappa shape index (κ2) is 10.3. The van der Waals surface area contributed by atoms with Crippen LogP contribution in [-0.4, -0.2) is 57.3 Å². The molecule has 1 aromatic carbocycles. The molecule has 1 aliphatic heterocycles. The molecule has 0 bridgehead atoms. The molecule has 4 N–H and O–H groups in total.